The predicted molar refractivity (Wildman–Crippen MR) is 139 cm³/mol. The zero-order valence-electron chi connectivity index (χ0n) is 19.9. The van der Waals surface area contributed by atoms with Crippen LogP contribution in [-0.4, -0.2) is 48.6 Å². The molecule has 1 atom stereocenters. The van der Waals surface area contributed by atoms with Gasteiger partial charge in [-0.3, -0.25) is 9.59 Å². The van der Waals surface area contributed by atoms with Crippen LogP contribution in [0.3, 0.4) is 0 Å². The molecule has 2 amide bonds. The third-order valence-electron chi connectivity index (χ3n) is 5.89. The smallest absolute Gasteiger partial charge is 0.253 e. The van der Waals surface area contributed by atoms with Gasteiger partial charge in [-0.05, 0) is 53.1 Å². The number of nitrogens with zero attached hydrogens (tertiary/aromatic N) is 2. The van der Waals surface area contributed by atoms with E-state index in [-0.39, 0.29) is 17.2 Å². The SMILES string of the molecule is COc1ccc(CN(C)C(=O)c2ccc([C@H]3SCC(=O)N3Cc3ccc(Cl)cc3)cc2)cc1OC. The zero-order chi connectivity index (χ0) is 24.9. The molecule has 0 saturated carbocycles. The van der Waals surface area contributed by atoms with Crippen LogP contribution in [0.25, 0.3) is 0 Å². The monoisotopic (exact) mass is 510 g/mol. The third-order valence-corrected chi connectivity index (χ3v) is 7.40. The lowest BCUT2D eigenvalue weighted by Gasteiger charge is -2.25. The average Bonchev–Trinajstić information content (AvgIpc) is 3.24. The van der Waals surface area contributed by atoms with Gasteiger partial charge in [0.2, 0.25) is 5.91 Å². The highest BCUT2D eigenvalue weighted by Gasteiger charge is 2.32. The van der Waals surface area contributed by atoms with E-state index in [1.54, 1.807) is 37.9 Å². The Morgan fingerprint density at radius 2 is 1.66 bits per heavy atom. The fourth-order valence-electron chi connectivity index (χ4n) is 4.02. The van der Waals surface area contributed by atoms with E-state index in [9.17, 15) is 9.59 Å². The number of carbonyl (C=O) groups is 2. The molecule has 8 heteroatoms. The molecule has 0 spiro atoms. The van der Waals surface area contributed by atoms with Gasteiger partial charge in [-0.2, -0.15) is 0 Å². The van der Waals surface area contributed by atoms with Crippen molar-refractivity contribution in [1.82, 2.24) is 9.80 Å². The van der Waals surface area contributed by atoms with E-state index >= 15 is 0 Å². The summed E-state index contributed by atoms with van der Waals surface area (Å²) in [4.78, 5) is 29.1. The molecular formula is C27H27ClN2O4S. The molecule has 1 heterocycles. The molecule has 0 aromatic heterocycles. The predicted octanol–water partition coefficient (Wildman–Crippen LogP) is 5.40. The topological polar surface area (TPSA) is 59.1 Å². The standard InChI is InChI=1S/C27H27ClN2O4S/c1-29(15-19-6-13-23(33-2)24(14-19)34-3)26(32)20-7-9-21(10-8-20)27-30(25(31)17-35-27)16-18-4-11-22(28)12-5-18/h4-14,27H,15-17H2,1-3H3/t27-/m1/s1. The van der Waals surface area contributed by atoms with Crippen molar-refractivity contribution < 1.29 is 19.1 Å². The molecule has 1 saturated heterocycles. The Morgan fingerprint density at radius 1 is 1.00 bits per heavy atom. The minimum atomic E-state index is -0.0909. The van der Waals surface area contributed by atoms with Crippen LogP contribution >= 0.6 is 23.4 Å². The number of methoxy groups -OCH3 is 2. The molecule has 1 aliphatic rings. The molecule has 1 aliphatic heterocycles. The minimum Gasteiger partial charge on any atom is -0.493 e. The van der Waals surface area contributed by atoms with Crippen molar-refractivity contribution in [3.05, 3.63) is 94.0 Å². The highest BCUT2D eigenvalue weighted by Crippen LogP contribution is 2.39. The number of ether oxygens (including phenoxy) is 2. The van der Waals surface area contributed by atoms with E-state index < -0.39 is 0 Å². The maximum Gasteiger partial charge on any atom is 0.253 e. The first-order valence-electron chi connectivity index (χ1n) is 11.1. The summed E-state index contributed by atoms with van der Waals surface area (Å²) in [6, 6.07) is 20.7. The highest BCUT2D eigenvalue weighted by molar-refractivity contribution is 8.00. The van der Waals surface area contributed by atoms with E-state index in [4.69, 9.17) is 21.1 Å². The number of hydrogen-bond acceptors (Lipinski definition) is 5. The van der Waals surface area contributed by atoms with Crippen LogP contribution in [0.1, 0.15) is 32.4 Å². The Morgan fingerprint density at radius 3 is 2.31 bits per heavy atom. The lowest BCUT2D eigenvalue weighted by Crippen LogP contribution is -2.28. The Balaban J connectivity index is 1.44. The lowest BCUT2D eigenvalue weighted by atomic mass is 10.1. The average molecular weight is 511 g/mol. The molecule has 3 aromatic rings. The maximum atomic E-state index is 13.0. The Kier molecular flexibility index (Phi) is 7.88. The van der Waals surface area contributed by atoms with Crippen molar-refractivity contribution in [2.24, 2.45) is 0 Å². The van der Waals surface area contributed by atoms with Gasteiger partial charge in [-0.25, -0.2) is 0 Å². The van der Waals surface area contributed by atoms with Gasteiger partial charge in [-0.1, -0.05) is 41.9 Å². The molecule has 1 fully saturated rings. The summed E-state index contributed by atoms with van der Waals surface area (Å²) in [7, 11) is 4.95. The number of carbonyl (C=O) groups excluding carboxylic acids is 2. The maximum absolute atomic E-state index is 13.0. The van der Waals surface area contributed by atoms with E-state index in [1.807, 2.05) is 71.6 Å². The highest BCUT2D eigenvalue weighted by atomic mass is 35.5. The van der Waals surface area contributed by atoms with Crippen LogP contribution in [0.4, 0.5) is 0 Å². The first-order valence-corrected chi connectivity index (χ1v) is 12.5. The van der Waals surface area contributed by atoms with Crippen molar-refractivity contribution in [1.29, 1.82) is 0 Å². The molecular weight excluding hydrogens is 484 g/mol. The first-order chi connectivity index (χ1) is 16.9. The molecule has 0 N–H and O–H groups in total. The van der Waals surface area contributed by atoms with E-state index in [0.29, 0.717) is 40.9 Å². The molecule has 0 bridgehead atoms. The van der Waals surface area contributed by atoms with Crippen molar-refractivity contribution in [3.8, 4) is 11.5 Å². The van der Waals surface area contributed by atoms with Crippen LogP contribution < -0.4 is 9.47 Å². The fraction of sp³-hybridized carbons (Fsp3) is 0.259. The Bertz CT molecular complexity index is 1200. The second-order valence-corrected chi connectivity index (χ2v) is 9.79. The summed E-state index contributed by atoms with van der Waals surface area (Å²) in [5, 5.41) is 0.579. The lowest BCUT2D eigenvalue weighted by molar-refractivity contribution is -0.128. The molecule has 182 valence electrons. The second-order valence-electron chi connectivity index (χ2n) is 8.28. The number of hydrogen-bond donors (Lipinski definition) is 0. The second kappa shape index (κ2) is 11.1. The quantitative estimate of drug-likeness (QED) is 0.406. The van der Waals surface area contributed by atoms with E-state index in [1.165, 1.54) is 0 Å². The Labute approximate surface area is 214 Å². The molecule has 35 heavy (non-hydrogen) atoms. The van der Waals surface area contributed by atoms with Crippen molar-refractivity contribution in [2.45, 2.75) is 18.5 Å². The zero-order valence-corrected chi connectivity index (χ0v) is 21.4. The molecule has 4 rings (SSSR count). The van der Waals surface area contributed by atoms with Gasteiger partial charge in [0.05, 0.1) is 20.0 Å². The fourth-order valence-corrected chi connectivity index (χ4v) is 5.34. The van der Waals surface area contributed by atoms with Gasteiger partial charge in [0.25, 0.3) is 5.91 Å². The summed E-state index contributed by atoms with van der Waals surface area (Å²) in [5.74, 6) is 1.73. The van der Waals surface area contributed by atoms with Gasteiger partial charge in [-0.15, -0.1) is 11.8 Å². The van der Waals surface area contributed by atoms with Gasteiger partial charge < -0.3 is 19.3 Å². The minimum absolute atomic E-state index is 0.0838. The molecule has 3 aromatic carbocycles. The molecule has 0 radical (unpaired) electrons. The van der Waals surface area contributed by atoms with Crippen molar-refractivity contribution >= 4 is 35.2 Å². The van der Waals surface area contributed by atoms with Crippen LogP contribution in [0.2, 0.25) is 5.02 Å². The Hall–Kier alpha value is -3.16. The van der Waals surface area contributed by atoms with Crippen molar-refractivity contribution in [2.75, 3.05) is 27.0 Å². The number of amides is 2. The number of halogens is 1. The van der Waals surface area contributed by atoms with E-state index in [0.717, 1.165) is 16.7 Å². The molecule has 0 aliphatic carbocycles. The van der Waals surface area contributed by atoms with Crippen LogP contribution in [0.5, 0.6) is 11.5 Å². The van der Waals surface area contributed by atoms with Gasteiger partial charge >= 0.3 is 0 Å². The molecule has 6 nitrogen and oxygen atoms in total. The summed E-state index contributed by atoms with van der Waals surface area (Å²) >= 11 is 7.58. The summed E-state index contributed by atoms with van der Waals surface area (Å²) in [5.41, 5.74) is 3.55. The summed E-state index contributed by atoms with van der Waals surface area (Å²) < 4.78 is 10.6. The summed E-state index contributed by atoms with van der Waals surface area (Å²) in [6.07, 6.45) is 0. The number of benzene rings is 3. The number of rotatable bonds is 8. The normalized spacial score (nSPS) is 15.3. The van der Waals surface area contributed by atoms with Gasteiger partial charge in [0.15, 0.2) is 11.5 Å². The van der Waals surface area contributed by atoms with Crippen LogP contribution in [0.15, 0.2) is 66.7 Å². The number of thioether (sulfide) groups is 1. The summed E-state index contributed by atoms with van der Waals surface area (Å²) in [6.45, 7) is 0.950. The van der Waals surface area contributed by atoms with Crippen LogP contribution in [-0.2, 0) is 17.9 Å². The van der Waals surface area contributed by atoms with Gasteiger partial charge in [0.1, 0.15) is 5.37 Å². The first kappa shape index (κ1) is 24.9. The molecule has 0 unspecified atom stereocenters. The largest absolute Gasteiger partial charge is 0.493 e. The van der Waals surface area contributed by atoms with E-state index in [2.05, 4.69) is 0 Å². The van der Waals surface area contributed by atoms with Crippen LogP contribution in [0, 0.1) is 0 Å². The van der Waals surface area contributed by atoms with Crippen molar-refractivity contribution in [3.63, 3.8) is 0 Å². The van der Waals surface area contributed by atoms with Gasteiger partial charge in [0, 0.05) is 30.7 Å². The third kappa shape index (κ3) is 5.74.